The van der Waals surface area contributed by atoms with Crippen molar-refractivity contribution in [3.05, 3.63) is 193 Å². The van der Waals surface area contributed by atoms with Crippen LogP contribution in [0.5, 0.6) is 0 Å². The molecule has 0 N–H and O–H groups in total. The van der Waals surface area contributed by atoms with Gasteiger partial charge in [-0.3, -0.25) is 0 Å². The van der Waals surface area contributed by atoms with Crippen molar-refractivity contribution in [2.45, 2.75) is 19.3 Å². The van der Waals surface area contributed by atoms with Gasteiger partial charge in [0, 0.05) is 21.6 Å². The van der Waals surface area contributed by atoms with Crippen molar-refractivity contribution >= 4 is 65.0 Å². The fourth-order valence-corrected chi connectivity index (χ4v) is 9.86. The molecule has 0 atom stereocenters. The van der Waals surface area contributed by atoms with Gasteiger partial charge in [-0.1, -0.05) is 159 Å². The zero-order chi connectivity index (χ0) is 37.1. The third kappa shape index (κ3) is 4.43. The van der Waals surface area contributed by atoms with Crippen LogP contribution in [0.15, 0.2) is 186 Å². The minimum absolute atomic E-state index is 0.120. The molecule has 0 radical (unpaired) electrons. The van der Waals surface area contributed by atoms with Gasteiger partial charge in [0.15, 0.2) is 0 Å². The summed E-state index contributed by atoms with van der Waals surface area (Å²) >= 11 is 0. The van der Waals surface area contributed by atoms with Crippen LogP contribution >= 0.6 is 0 Å². The van der Waals surface area contributed by atoms with Gasteiger partial charge >= 0.3 is 0 Å². The molecule has 0 amide bonds. The van der Waals surface area contributed by atoms with E-state index in [1.807, 2.05) is 0 Å². The Bertz CT molecular complexity index is 3380. The Labute approximate surface area is 325 Å². The van der Waals surface area contributed by atoms with E-state index in [1.165, 1.54) is 104 Å². The molecule has 1 aliphatic rings. The first-order valence-corrected chi connectivity index (χ1v) is 19.6. The lowest BCUT2D eigenvalue weighted by Gasteiger charge is -2.21. The van der Waals surface area contributed by atoms with E-state index in [0.29, 0.717) is 0 Å². The molecular formula is C55H36O. The van der Waals surface area contributed by atoms with Gasteiger partial charge in [-0.05, 0) is 130 Å². The summed E-state index contributed by atoms with van der Waals surface area (Å²) in [6.45, 7) is 4.71. The zero-order valence-corrected chi connectivity index (χ0v) is 31.2. The number of rotatable bonds is 3. The van der Waals surface area contributed by atoms with Crippen LogP contribution in [0, 0.1) is 0 Å². The van der Waals surface area contributed by atoms with Crippen molar-refractivity contribution in [3.63, 3.8) is 0 Å². The van der Waals surface area contributed by atoms with E-state index in [2.05, 4.69) is 196 Å². The van der Waals surface area contributed by atoms with Crippen LogP contribution < -0.4 is 0 Å². The molecule has 0 aliphatic heterocycles. The number of fused-ring (bicyclic) bond motifs is 11. The topological polar surface area (TPSA) is 13.1 Å². The molecule has 0 saturated carbocycles. The summed E-state index contributed by atoms with van der Waals surface area (Å²) in [5.41, 5.74) is 14.6. The molecule has 1 aliphatic carbocycles. The number of furan rings is 1. The molecule has 56 heavy (non-hydrogen) atoms. The fourth-order valence-electron chi connectivity index (χ4n) is 9.86. The van der Waals surface area contributed by atoms with Crippen molar-refractivity contribution in [3.8, 4) is 44.5 Å². The van der Waals surface area contributed by atoms with Gasteiger partial charge in [0.2, 0.25) is 0 Å². The van der Waals surface area contributed by atoms with Crippen molar-refractivity contribution < 1.29 is 4.42 Å². The van der Waals surface area contributed by atoms with E-state index in [4.69, 9.17) is 4.42 Å². The second-order valence-electron chi connectivity index (χ2n) is 16.0. The van der Waals surface area contributed by atoms with Gasteiger partial charge in [-0.25, -0.2) is 0 Å². The van der Waals surface area contributed by atoms with Gasteiger partial charge in [0.05, 0.1) is 0 Å². The van der Waals surface area contributed by atoms with Crippen molar-refractivity contribution in [2.24, 2.45) is 0 Å². The van der Waals surface area contributed by atoms with Crippen LogP contribution in [-0.4, -0.2) is 0 Å². The first kappa shape index (κ1) is 31.4. The van der Waals surface area contributed by atoms with Crippen LogP contribution in [0.2, 0.25) is 0 Å². The molecule has 0 saturated heterocycles. The molecule has 0 unspecified atom stereocenters. The Hall–Kier alpha value is -6.96. The molecule has 0 fully saturated rings. The van der Waals surface area contributed by atoms with Crippen LogP contribution in [0.25, 0.3) is 110 Å². The predicted molar refractivity (Wildman–Crippen MR) is 238 cm³/mol. The Balaban J connectivity index is 0.972. The monoisotopic (exact) mass is 712 g/mol. The van der Waals surface area contributed by atoms with E-state index in [0.717, 1.165) is 16.6 Å². The van der Waals surface area contributed by atoms with Crippen molar-refractivity contribution in [1.29, 1.82) is 0 Å². The molecule has 0 bridgehead atoms. The van der Waals surface area contributed by atoms with E-state index in [9.17, 15) is 0 Å². The maximum atomic E-state index is 6.65. The predicted octanol–water partition coefficient (Wildman–Crippen LogP) is 15.5. The minimum atomic E-state index is -0.120. The summed E-state index contributed by atoms with van der Waals surface area (Å²) in [7, 11) is 0. The van der Waals surface area contributed by atoms with Crippen molar-refractivity contribution in [2.75, 3.05) is 0 Å². The van der Waals surface area contributed by atoms with E-state index in [-0.39, 0.29) is 5.41 Å². The second-order valence-corrected chi connectivity index (χ2v) is 16.0. The molecule has 12 rings (SSSR count). The summed E-state index contributed by atoms with van der Waals surface area (Å²) in [5, 5.41) is 12.3. The molecule has 10 aromatic carbocycles. The third-order valence-electron chi connectivity index (χ3n) is 12.6. The Morgan fingerprint density at radius 1 is 0.339 bits per heavy atom. The Morgan fingerprint density at radius 3 is 1.59 bits per heavy atom. The molecule has 262 valence electrons. The molecule has 1 nitrogen and oxygen atoms in total. The van der Waals surface area contributed by atoms with Crippen LogP contribution in [0.3, 0.4) is 0 Å². The first-order chi connectivity index (χ1) is 27.5. The van der Waals surface area contributed by atoms with Crippen LogP contribution in [0.4, 0.5) is 0 Å². The molecule has 11 aromatic rings. The fraction of sp³-hybridized carbons (Fsp3) is 0.0545. The molecule has 1 heteroatoms. The Kier molecular flexibility index (Phi) is 6.46. The normalized spacial score (nSPS) is 13.3. The van der Waals surface area contributed by atoms with Gasteiger partial charge in [0.1, 0.15) is 11.2 Å². The lowest BCUT2D eigenvalue weighted by atomic mass is 9.81. The maximum Gasteiger partial charge on any atom is 0.143 e. The van der Waals surface area contributed by atoms with Gasteiger partial charge in [-0.15, -0.1) is 0 Å². The highest BCUT2D eigenvalue weighted by atomic mass is 16.3. The molecule has 0 spiro atoms. The summed E-state index contributed by atoms with van der Waals surface area (Å²) in [4.78, 5) is 0. The van der Waals surface area contributed by atoms with E-state index in [1.54, 1.807) is 0 Å². The highest BCUT2D eigenvalue weighted by Gasteiger charge is 2.36. The summed E-state index contributed by atoms with van der Waals surface area (Å²) in [6.07, 6.45) is 0. The second kappa shape index (κ2) is 11.5. The number of hydrogen-bond donors (Lipinski definition) is 0. The van der Waals surface area contributed by atoms with Crippen LogP contribution in [-0.2, 0) is 5.41 Å². The average molecular weight is 713 g/mol. The SMILES string of the molecule is CC1(C)c2ccc(-c3ccc4cc(-c5c6ccccc6c(-c6ccccc6)c6ccccc56)ccc4c3)cc2-c2cc3oc4c5ccccc5ccc4c3cc21. The smallest absolute Gasteiger partial charge is 0.143 e. The quantitative estimate of drug-likeness (QED) is 0.166. The standard InChI is InChI=1S/C55H36O/c1-55(2)49-27-25-38(30-46(49)47-32-51-48(31-50(47)55)45-26-24-33-12-6-7-15-40(33)54(45)56-51)36-20-21-37-29-39(23-22-35(37)28-36)53-43-18-10-8-16-41(43)52(34-13-4-3-5-14-34)42-17-9-11-19-44(42)53/h3-32H,1-2H3. The lowest BCUT2D eigenvalue weighted by molar-refractivity contribution is 0.658. The number of benzene rings is 10. The molecule has 1 heterocycles. The van der Waals surface area contributed by atoms with Gasteiger partial charge in [0.25, 0.3) is 0 Å². The van der Waals surface area contributed by atoms with Crippen LogP contribution in [0.1, 0.15) is 25.0 Å². The summed E-state index contributed by atoms with van der Waals surface area (Å²) < 4.78 is 6.65. The summed E-state index contributed by atoms with van der Waals surface area (Å²) in [5.74, 6) is 0. The lowest BCUT2D eigenvalue weighted by Crippen LogP contribution is -2.14. The number of hydrogen-bond acceptors (Lipinski definition) is 1. The molecular weight excluding hydrogens is 677 g/mol. The largest absolute Gasteiger partial charge is 0.455 e. The Morgan fingerprint density at radius 2 is 0.875 bits per heavy atom. The van der Waals surface area contributed by atoms with E-state index >= 15 is 0 Å². The zero-order valence-electron chi connectivity index (χ0n) is 31.2. The first-order valence-electron chi connectivity index (χ1n) is 19.6. The maximum absolute atomic E-state index is 6.65. The van der Waals surface area contributed by atoms with Gasteiger partial charge in [-0.2, -0.15) is 0 Å². The summed E-state index contributed by atoms with van der Waals surface area (Å²) in [6, 6.07) is 67.2. The highest BCUT2D eigenvalue weighted by molar-refractivity contribution is 6.22. The minimum Gasteiger partial charge on any atom is -0.455 e. The highest BCUT2D eigenvalue weighted by Crippen LogP contribution is 2.52. The van der Waals surface area contributed by atoms with Gasteiger partial charge < -0.3 is 4.42 Å². The molecule has 1 aromatic heterocycles. The third-order valence-corrected chi connectivity index (χ3v) is 12.6. The average Bonchev–Trinajstić information content (AvgIpc) is 3.73. The van der Waals surface area contributed by atoms with Crippen molar-refractivity contribution in [1.82, 2.24) is 0 Å². The van der Waals surface area contributed by atoms with E-state index < -0.39 is 0 Å².